The van der Waals surface area contributed by atoms with Gasteiger partial charge in [0.05, 0.1) is 6.04 Å². The predicted molar refractivity (Wildman–Crippen MR) is 112 cm³/mol. The maximum Gasteiger partial charge on any atom is 0.417 e. The highest BCUT2D eigenvalue weighted by atomic mass is 16.6. The van der Waals surface area contributed by atoms with Crippen LogP contribution in [0.4, 0.5) is 4.79 Å². The van der Waals surface area contributed by atoms with Crippen molar-refractivity contribution in [1.29, 1.82) is 0 Å². The number of cyclic esters (lactones) is 1. The maximum atomic E-state index is 13.0. The van der Waals surface area contributed by atoms with Gasteiger partial charge in [-0.25, -0.2) is 9.69 Å². The summed E-state index contributed by atoms with van der Waals surface area (Å²) in [6, 6.07) is -0.552. The Labute approximate surface area is 187 Å². The highest BCUT2D eigenvalue weighted by Gasteiger charge is 2.46. The van der Waals surface area contributed by atoms with Crippen LogP contribution in [-0.2, 0) is 33.4 Å². The van der Waals surface area contributed by atoms with E-state index in [0.29, 0.717) is 12.8 Å². The standard InChI is InChI=1S/C22H33NO9/c1-14(2)17-13-31-22(29)23(17)21(28)20(30-4)19(32-15(3)25)18(27)11-10-16(26)9-7-5-6-8-12-24/h10-11,14,17,19-20,24H,5-9,12-13H2,1-4H3/t17-,19-,20+/m1/s1. The Hall–Kier alpha value is -2.59. The van der Waals surface area contributed by atoms with Crippen LogP contribution >= 0.6 is 0 Å². The van der Waals surface area contributed by atoms with E-state index in [4.69, 9.17) is 19.3 Å². The van der Waals surface area contributed by atoms with Gasteiger partial charge in [0.15, 0.2) is 23.8 Å². The first-order valence-electron chi connectivity index (χ1n) is 10.7. The monoisotopic (exact) mass is 455 g/mol. The molecule has 0 spiro atoms. The summed E-state index contributed by atoms with van der Waals surface area (Å²) in [6.07, 6.45) is 0.971. The lowest BCUT2D eigenvalue weighted by atomic mass is 10.0. The second-order valence-corrected chi connectivity index (χ2v) is 7.87. The smallest absolute Gasteiger partial charge is 0.417 e. The Morgan fingerprint density at radius 2 is 1.78 bits per heavy atom. The zero-order valence-corrected chi connectivity index (χ0v) is 19.1. The molecule has 1 heterocycles. The number of hydrogen-bond donors (Lipinski definition) is 1. The second-order valence-electron chi connectivity index (χ2n) is 7.87. The van der Waals surface area contributed by atoms with Crippen LogP contribution in [0.3, 0.4) is 0 Å². The first-order valence-corrected chi connectivity index (χ1v) is 10.7. The van der Waals surface area contributed by atoms with Crippen molar-refractivity contribution in [2.45, 2.75) is 71.1 Å². The molecule has 0 aromatic rings. The van der Waals surface area contributed by atoms with Crippen molar-refractivity contribution < 1.29 is 43.3 Å². The third-order valence-corrected chi connectivity index (χ3v) is 5.02. The molecule has 0 unspecified atom stereocenters. The molecule has 0 bridgehead atoms. The summed E-state index contributed by atoms with van der Waals surface area (Å²) in [5.74, 6) is -2.92. The molecule has 1 N–H and O–H groups in total. The molecule has 1 aliphatic heterocycles. The zero-order chi connectivity index (χ0) is 24.3. The molecule has 0 aromatic carbocycles. The van der Waals surface area contributed by atoms with Crippen molar-refractivity contribution in [3.63, 3.8) is 0 Å². The number of allylic oxidation sites excluding steroid dienone is 1. The molecule has 1 saturated heterocycles. The summed E-state index contributed by atoms with van der Waals surface area (Å²) in [5, 5.41) is 8.75. The van der Waals surface area contributed by atoms with Gasteiger partial charge in [-0.05, 0) is 30.9 Å². The number of ketones is 2. The number of aliphatic hydroxyl groups is 1. The summed E-state index contributed by atoms with van der Waals surface area (Å²) in [7, 11) is 1.15. The highest BCUT2D eigenvalue weighted by Crippen LogP contribution is 2.23. The van der Waals surface area contributed by atoms with E-state index in [9.17, 15) is 24.0 Å². The minimum Gasteiger partial charge on any atom is -0.451 e. The van der Waals surface area contributed by atoms with Crippen molar-refractivity contribution in [2.75, 3.05) is 20.3 Å². The third-order valence-electron chi connectivity index (χ3n) is 5.02. The number of carbonyl (C=O) groups is 5. The molecule has 1 rings (SSSR count). The Kier molecular flexibility index (Phi) is 11.8. The van der Waals surface area contributed by atoms with Gasteiger partial charge in [-0.2, -0.15) is 0 Å². The molecule has 0 saturated carbocycles. The van der Waals surface area contributed by atoms with Crippen LogP contribution in [0.25, 0.3) is 0 Å². The largest absolute Gasteiger partial charge is 0.451 e. The number of unbranched alkanes of at least 4 members (excludes halogenated alkanes) is 3. The molecule has 0 aliphatic carbocycles. The molecule has 0 radical (unpaired) electrons. The quantitative estimate of drug-likeness (QED) is 0.235. The number of aliphatic hydroxyl groups excluding tert-OH is 1. The molecule has 10 nitrogen and oxygen atoms in total. The van der Waals surface area contributed by atoms with Crippen LogP contribution in [0.1, 0.15) is 52.9 Å². The average molecular weight is 456 g/mol. The molecule has 0 aromatic heterocycles. The number of esters is 1. The van der Waals surface area contributed by atoms with Crippen molar-refractivity contribution in [2.24, 2.45) is 5.92 Å². The SMILES string of the molecule is CO[C@H](C(=O)N1C(=O)OC[C@@H]1C(C)C)[C@H](OC(C)=O)C(=O)C=CC(=O)CCCCCCO. The summed E-state index contributed by atoms with van der Waals surface area (Å²) >= 11 is 0. The molecule has 1 fully saturated rings. The summed E-state index contributed by atoms with van der Waals surface area (Å²) in [6.45, 7) is 4.80. The molecule has 2 amide bonds. The molecular weight excluding hydrogens is 422 g/mol. The van der Waals surface area contributed by atoms with E-state index >= 15 is 0 Å². The Morgan fingerprint density at radius 3 is 2.34 bits per heavy atom. The van der Waals surface area contributed by atoms with Crippen LogP contribution in [0.15, 0.2) is 12.2 Å². The normalized spacial score (nSPS) is 18.0. The van der Waals surface area contributed by atoms with Gasteiger partial charge in [-0.1, -0.05) is 26.7 Å². The third kappa shape index (κ3) is 8.16. The lowest BCUT2D eigenvalue weighted by molar-refractivity contribution is -0.166. The molecule has 1 aliphatic rings. The number of imide groups is 1. The molecule has 10 heteroatoms. The fourth-order valence-electron chi connectivity index (χ4n) is 3.24. The van der Waals surface area contributed by atoms with Crippen LogP contribution in [0, 0.1) is 5.92 Å². The van der Waals surface area contributed by atoms with E-state index in [1.165, 1.54) is 0 Å². The van der Waals surface area contributed by atoms with Gasteiger partial charge in [-0.3, -0.25) is 19.2 Å². The van der Waals surface area contributed by atoms with E-state index < -0.39 is 42.0 Å². The summed E-state index contributed by atoms with van der Waals surface area (Å²) < 4.78 is 15.2. The van der Waals surface area contributed by atoms with Crippen LogP contribution in [0.5, 0.6) is 0 Å². The number of methoxy groups -OCH3 is 1. The van der Waals surface area contributed by atoms with E-state index in [1.54, 1.807) is 0 Å². The molecule has 32 heavy (non-hydrogen) atoms. The lowest BCUT2D eigenvalue weighted by Crippen LogP contribution is -2.53. The van der Waals surface area contributed by atoms with Crippen LogP contribution in [-0.4, -0.2) is 78.1 Å². The van der Waals surface area contributed by atoms with E-state index in [2.05, 4.69) is 0 Å². The second kappa shape index (κ2) is 13.7. The molecule has 180 valence electrons. The van der Waals surface area contributed by atoms with Gasteiger partial charge in [0.25, 0.3) is 5.91 Å². The van der Waals surface area contributed by atoms with Gasteiger partial charge < -0.3 is 19.3 Å². The minimum atomic E-state index is -1.67. The zero-order valence-electron chi connectivity index (χ0n) is 19.1. The van der Waals surface area contributed by atoms with Gasteiger partial charge in [-0.15, -0.1) is 0 Å². The Morgan fingerprint density at radius 1 is 1.12 bits per heavy atom. The number of carbonyl (C=O) groups excluding carboxylic acids is 5. The fourth-order valence-corrected chi connectivity index (χ4v) is 3.24. The van der Waals surface area contributed by atoms with Crippen LogP contribution < -0.4 is 0 Å². The topological polar surface area (TPSA) is 137 Å². The van der Waals surface area contributed by atoms with Crippen molar-refractivity contribution in [3.05, 3.63) is 12.2 Å². The maximum absolute atomic E-state index is 13.0. The molecular formula is C22H33NO9. The number of rotatable bonds is 14. The first-order chi connectivity index (χ1) is 15.1. The van der Waals surface area contributed by atoms with E-state index in [1.807, 2.05) is 13.8 Å². The van der Waals surface area contributed by atoms with E-state index in [0.717, 1.165) is 43.9 Å². The average Bonchev–Trinajstić information content (AvgIpc) is 3.13. The first kappa shape index (κ1) is 27.4. The van der Waals surface area contributed by atoms with Crippen molar-refractivity contribution in [3.8, 4) is 0 Å². The Bertz CT molecular complexity index is 716. The minimum absolute atomic E-state index is 0.0115. The molecule has 3 atom stereocenters. The number of hydrogen-bond acceptors (Lipinski definition) is 9. The van der Waals surface area contributed by atoms with Gasteiger partial charge in [0.2, 0.25) is 0 Å². The lowest BCUT2D eigenvalue weighted by Gasteiger charge is -2.29. The van der Waals surface area contributed by atoms with Crippen molar-refractivity contribution in [1.82, 2.24) is 4.90 Å². The predicted octanol–water partition coefficient (Wildman–Crippen LogP) is 1.57. The van der Waals surface area contributed by atoms with Gasteiger partial charge >= 0.3 is 12.1 Å². The highest BCUT2D eigenvalue weighted by molar-refractivity contribution is 6.05. The number of amides is 2. The number of ether oxygens (including phenoxy) is 3. The van der Waals surface area contributed by atoms with Crippen LogP contribution in [0.2, 0.25) is 0 Å². The van der Waals surface area contributed by atoms with Crippen molar-refractivity contribution >= 4 is 29.5 Å². The van der Waals surface area contributed by atoms with Gasteiger partial charge in [0, 0.05) is 27.1 Å². The summed E-state index contributed by atoms with van der Waals surface area (Å²) in [4.78, 5) is 62.3. The fraction of sp³-hybridized carbons (Fsp3) is 0.682. The van der Waals surface area contributed by atoms with E-state index in [-0.39, 0.29) is 31.3 Å². The van der Waals surface area contributed by atoms with Gasteiger partial charge in [0.1, 0.15) is 6.61 Å². The summed E-state index contributed by atoms with van der Waals surface area (Å²) in [5.41, 5.74) is 0. The Balaban J connectivity index is 2.92. The number of nitrogens with zero attached hydrogens (tertiary/aromatic N) is 1.